The Hall–Kier alpha value is -1.99. The largest absolute Gasteiger partial charge is 0.378 e. The van der Waals surface area contributed by atoms with Crippen LogP contribution in [0.25, 0.3) is 0 Å². The number of likely N-dealkylation sites (N-methyl/N-ethyl adjacent to an activating group) is 1. The van der Waals surface area contributed by atoms with Crippen molar-refractivity contribution in [1.29, 1.82) is 0 Å². The minimum atomic E-state index is -0.135. The van der Waals surface area contributed by atoms with Gasteiger partial charge in [0, 0.05) is 31.7 Å². The van der Waals surface area contributed by atoms with Gasteiger partial charge in [0.2, 0.25) is 11.8 Å². The lowest BCUT2D eigenvalue weighted by atomic mass is 10.3. The zero-order valence-corrected chi connectivity index (χ0v) is 13.7. The number of aryl methyl sites for hydroxylation is 1. The Kier molecular flexibility index (Phi) is 6.49. The van der Waals surface area contributed by atoms with Crippen LogP contribution in [-0.4, -0.2) is 73.0 Å². The molecule has 1 aromatic heterocycles. The molecule has 0 atom stereocenters. The fourth-order valence-electron chi connectivity index (χ4n) is 2.38. The number of aromatic nitrogens is 1. The lowest BCUT2D eigenvalue weighted by molar-refractivity contribution is -0.135. The normalized spacial score (nSPS) is 14.8. The minimum absolute atomic E-state index is 0.112. The number of amides is 2. The van der Waals surface area contributed by atoms with Crippen LogP contribution in [0.4, 0.5) is 5.82 Å². The van der Waals surface area contributed by atoms with Gasteiger partial charge in [-0.25, -0.2) is 4.98 Å². The maximum atomic E-state index is 12.0. The molecule has 2 rings (SSSR count). The first-order valence-electron chi connectivity index (χ1n) is 7.82. The van der Waals surface area contributed by atoms with E-state index in [9.17, 15) is 9.59 Å². The molecule has 0 aromatic carbocycles. The third kappa shape index (κ3) is 5.96. The highest BCUT2D eigenvalue weighted by atomic mass is 16.5. The number of rotatable bonds is 6. The average molecular weight is 320 g/mol. The molecule has 0 aliphatic carbocycles. The van der Waals surface area contributed by atoms with E-state index in [1.54, 1.807) is 6.07 Å². The first-order valence-corrected chi connectivity index (χ1v) is 7.82. The van der Waals surface area contributed by atoms with Gasteiger partial charge >= 0.3 is 0 Å². The maximum absolute atomic E-state index is 12.0. The van der Waals surface area contributed by atoms with E-state index in [1.165, 1.54) is 0 Å². The summed E-state index contributed by atoms with van der Waals surface area (Å²) in [5, 5.41) is 2.76. The molecule has 1 aliphatic heterocycles. The highest BCUT2D eigenvalue weighted by Crippen LogP contribution is 2.04. The third-order valence-corrected chi connectivity index (χ3v) is 3.64. The van der Waals surface area contributed by atoms with Crippen LogP contribution in [0.1, 0.15) is 12.1 Å². The Morgan fingerprint density at radius 1 is 1.35 bits per heavy atom. The molecule has 0 spiro atoms. The summed E-state index contributed by atoms with van der Waals surface area (Å²) < 4.78 is 5.23. The predicted molar refractivity (Wildman–Crippen MR) is 87.1 cm³/mol. The first-order chi connectivity index (χ1) is 11.0. The second-order valence-electron chi connectivity index (χ2n) is 5.69. The molecule has 1 aromatic rings. The third-order valence-electron chi connectivity index (χ3n) is 3.64. The van der Waals surface area contributed by atoms with Crippen molar-refractivity contribution in [2.75, 3.05) is 51.8 Å². The summed E-state index contributed by atoms with van der Waals surface area (Å²) in [6.07, 6.45) is 0.409. The van der Waals surface area contributed by atoms with Gasteiger partial charge in [-0.2, -0.15) is 0 Å². The maximum Gasteiger partial charge on any atom is 0.239 e. The number of carbonyl (C=O) groups is 2. The number of nitrogens with one attached hydrogen (secondary N) is 1. The molecule has 126 valence electrons. The van der Waals surface area contributed by atoms with E-state index in [0.717, 1.165) is 5.69 Å². The van der Waals surface area contributed by atoms with E-state index in [0.29, 0.717) is 45.1 Å². The summed E-state index contributed by atoms with van der Waals surface area (Å²) in [4.78, 5) is 31.9. The van der Waals surface area contributed by atoms with Gasteiger partial charge in [-0.15, -0.1) is 0 Å². The number of pyridine rings is 1. The Morgan fingerprint density at radius 3 is 2.78 bits per heavy atom. The van der Waals surface area contributed by atoms with Crippen LogP contribution in [0.3, 0.4) is 0 Å². The second kappa shape index (κ2) is 8.59. The van der Waals surface area contributed by atoms with Crippen molar-refractivity contribution in [2.45, 2.75) is 13.3 Å². The number of morpholine rings is 1. The summed E-state index contributed by atoms with van der Waals surface area (Å²) in [7, 11) is 1.83. The van der Waals surface area contributed by atoms with E-state index in [4.69, 9.17) is 4.74 Å². The predicted octanol–water partition coefficient (Wildman–Crippen LogP) is 0.509. The van der Waals surface area contributed by atoms with Crippen molar-refractivity contribution < 1.29 is 14.3 Å². The molecule has 0 radical (unpaired) electrons. The molecule has 1 saturated heterocycles. The second-order valence-corrected chi connectivity index (χ2v) is 5.69. The van der Waals surface area contributed by atoms with Crippen LogP contribution >= 0.6 is 0 Å². The first kappa shape index (κ1) is 17.4. The molecule has 2 heterocycles. The smallest absolute Gasteiger partial charge is 0.239 e. The lowest BCUT2D eigenvalue weighted by Gasteiger charge is -2.27. The van der Waals surface area contributed by atoms with Gasteiger partial charge in [0.1, 0.15) is 5.82 Å². The highest BCUT2D eigenvalue weighted by molar-refractivity contribution is 5.91. The Bertz CT molecular complexity index is 544. The number of carbonyl (C=O) groups excluding carboxylic acids is 2. The molecular formula is C16H24N4O3. The van der Waals surface area contributed by atoms with E-state index in [1.807, 2.05) is 35.9 Å². The van der Waals surface area contributed by atoms with Crippen molar-refractivity contribution in [3.8, 4) is 0 Å². The number of hydrogen-bond donors (Lipinski definition) is 1. The van der Waals surface area contributed by atoms with E-state index < -0.39 is 0 Å². The van der Waals surface area contributed by atoms with E-state index in [2.05, 4.69) is 10.3 Å². The molecule has 7 heteroatoms. The van der Waals surface area contributed by atoms with Crippen molar-refractivity contribution in [3.63, 3.8) is 0 Å². The van der Waals surface area contributed by atoms with Crippen LogP contribution in [0.15, 0.2) is 18.2 Å². The van der Waals surface area contributed by atoms with E-state index >= 15 is 0 Å². The summed E-state index contributed by atoms with van der Waals surface area (Å²) in [5.74, 6) is 0.526. The fraction of sp³-hybridized carbons (Fsp3) is 0.562. The van der Waals surface area contributed by atoms with Crippen molar-refractivity contribution in [3.05, 3.63) is 23.9 Å². The molecule has 2 amide bonds. The molecule has 7 nitrogen and oxygen atoms in total. The van der Waals surface area contributed by atoms with Gasteiger partial charge in [-0.1, -0.05) is 6.07 Å². The number of nitrogens with zero attached hydrogens (tertiary/aromatic N) is 3. The molecule has 0 bridgehead atoms. The summed E-state index contributed by atoms with van der Waals surface area (Å²) in [6.45, 7) is 5.17. The van der Waals surface area contributed by atoms with Crippen LogP contribution in [-0.2, 0) is 14.3 Å². The molecule has 1 fully saturated rings. The summed E-state index contributed by atoms with van der Waals surface area (Å²) >= 11 is 0. The average Bonchev–Trinajstić information content (AvgIpc) is 2.53. The Balaban J connectivity index is 1.70. The molecule has 1 aliphatic rings. The van der Waals surface area contributed by atoms with Gasteiger partial charge in [0.25, 0.3) is 0 Å². The molecule has 0 saturated carbocycles. The topological polar surface area (TPSA) is 74.8 Å². The van der Waals surface area contributed by atoms with Crippen molar-refractivity contribution in [1.82, 2.24) is 14.8 Å². The molecule has 0 unspecified atom stereocenters. The minimum Gasteiger partial charge on any atom is -0.378 e. The van der Waals surface area contributed by atoms with Gasteiger partial charge in [-0.3, -0.25) is 14.5 Å². The van der Waals surface area contributed by atoms with Gasteiger partial charge in [0.15, 0.2) is 0 Å². The molecular weight excluding hydrogens is 296 g/mol. The standard InChI is InChI=1S/C16H24N4O3/c1-13-4-3-5-14(17-13)18-15(21)12-19(2)7-6-16(22)20-8-10-23-11-9-20/h3-5H,6-12H2,1-2H3,(H,17,18,21). The highest BCUT2D eigenvalue weighted by Gasteiger charge is 2.17. The monoisotopic (exact) mass is 320 g/mol. The Labute approximate surface area is 136 Å². The van der Waals surface area contributed by atoms with Crippen molar-refractivity contribution >= 4 is 17.6 Å². The number of hydrogen-bond acceptors (Lipinski definition) is 5. The fourth-order valence-corrected chi connectivity index (χ4v) is 2.38. The SMILES string of the molecule is Cc1cccc(NC(=O)CN(C)CCC(=O)N2CCOCC2)n1. The van der Waals surface area contributed by atoms with Crippen LogP contribution in [0, 0.1) is 6.92 Å². The van der Waals surface area contributed by atoms with Gasteiger partial charge in [-0.05, 0) is 26.1 Å². The van der Waals surface area contributed by atoms with E-state index in [-0.39, 0.29) is 18.4 Å². The summed E-state index contributed by atoms with van der Waals surface area (Å²) in [6, 6.07) is 5.48. The summed E-state index contributed by atoms with van der Waals surface area (Å²) in [5.41, 5.74) is 0.854. The lowest BCUT2D eigenvalue weighted by Crippen LogP contribution is -2.42. The zero-order chi connectivity index (χ0) is 16.7. The quantitative estimate of drug-likeness (QED) is 0.826. The van der Waals surface area contributed by atoms with Crippen LogP contribution in [0.5, 0.6) is 0 Å². The number of anilines is 1. The van der Waals surface area contributed by atoms with Crippen LogP contribution < -0.4 is 5.32 Å². The van der Waals surface area contributed by atoms with Gasteiger partial charge < -0.3 is 15.0 Å². The van der Waals surface area contributed by atoms with Crippen LogP contribution in [0.2, 0.25) is 0 Å². The van der Waals surface area contributed by atoms with Gasteiger partial charge in [0.05, 0.1) is 19.8 Å². The molecule has 23 heavy (non-hydrogen) atoms. The van der Waals surface area contributed by atoms with Crippen molar-refractivity contribution in [2.24, 2.45) is 0 Å². The number of ether oxygens (including phenoxy) is 1. The zero-order valence-electron chi connectivity index (χ0n) is 13.7. The Morgan fingerprint density at radius 2 is 2.09 bits per heavy atom. The molecule has 1 N–H and O–H groups in total.